The molecule has 6 aromatic heterocycles. The van der Waals surface area contributed by atoms with E-state index in [4.69, 9.17) is 13.3 Å². The second kappa shape index (κ2) is 47.3. The smallest absolute Gasteiger partial charge is 0.161 e. The molecule has 0 amide bonds. The largest absolute Gasteiger partial charge is 0.456 e. The monoisotopic (exact) mass is 1810 g/mol. The molecule has 4 aliphatic rings. The first kappa shape index (κ1) is 95.9. The van der Waals surface area contributed by atoms with Crippen LogP contribution in [0.1, 0.15) is 335 Å². The molecule has 686 valence electrons. The van der Waals surface area contributed by atoms with Gasteiger partial charge in [0, 0.05) is 144 Å². The first-order valence-electron chi connectivity index (χ1n) is 51.1. The molecule has 4 nitrogen and oxygen atoms in total. The number of allylic oxidation sites excluding steroid dienone is 4. The number of hydrogen-bond donors (Lipinski definition) is 0. The van der Waals surface area contributed by atoms with Gasteiger partial charge in [-0.2, -0.15) is 0 Å². The van der Waals surface area contributed by atoms with E-state index < -0.39 is 0 Å². The van der Waals surface area contributed by atoms with E-state index in [2.05, 4.69) is 359 Å². The SMILES string of the molecule is CCCC#Cc1ccc2c(c1)Cc1c-2oc2cc(C#CCCC)ccc12.CCCC#Cc1ccc2c(c1)Cc1c-2sc2cc(C#CCCC)ccc12.CCCCCC/C=C/c1ccc2c(c1)Cc1c-2oc2cc(/C=C/CCCCCC)ccc12.CCCCCC/C=C/c1ccc2c(c1)Cc1c-2sc2cc(/C=C/CCCCCC)ccc12.Cc1ccc2c(c1)oc1c3ccc(C)cc3n(C)c21. The minimum atomic E-state index is 0.918. The molecule has 20 rings (SSSR count). The number of rotatable bonds is 28. The third-order valence-electron chi connectivity index (χ3n) is 26.6. The molecule has 0 saturated heterocycles. The number of aromatic nitrogens is 1. The topological polar surface area (TPSA) is 44.4 Å². The van der Waals surface area contributed by atoms with Gasteiger partial charge in [-0.15, -0.1) is 22.7 Å². The average Bonchev–Trinajstić information content (AvgIpc) is 1.53. The van der Waals surface area contributed by atoms with Crippen LogP contribution in [-0.2, 0) is 32.7 Å². The summed E-state index contributed by atoms with van der Waals surface area (Å²) in [4.78, 5) is 2.92. The zero-order valence-corrected chi connectivity index (χ0v) is 83.7. The Morgan fingerprint density at radius 1 is 0.304 bits per heavy atom. The maximum atomic E-state index is 6.36. The minimum Gasteiger partial charge on any atom is -0.456 e. The Hall–Kier alpha value is -12.3. The first-order chi connectivity index (χ1) is 66.3. The van der Waals surface area contributed by atoms with Gasteiger partial charge in [-0.05, 0) is 277 Å². The number of unbranched alkanes of at least 4 members (excludes halogenated alkanes) is 20. The summed E-state index contributed by atoms with van der Waals surface area (Å²) in [6.45, 7) is 21.9. The van der Waals surface area contributed by atoms with Gasteiger partial charge >= 0.3 is 0 Å². The molecule has 4 aliphatic carbocycles. The molecule has 0 N–H and O–H groups in total. The van der Waals surface area contributed by atoms with E-state index >= 15 is 0 Å². The fraction of sp³-hybridized carbons (Fsp3) is 0.333. The highest BCUT2D eigenvalue weighted by Crippen LogP contribution is 2.51. The summed E-state index contributed by atoms with van der Waals surface area (Å²) in [5.41, 5.74) is 35.1. The second-order valence-electron chi connectivity index (χ2n) is 37.4. The Bertz CT molecular complexity index is 6940. The lowest BCUT2D eigenvalue weighted by molar-refractivity contribution is 0.631. The fourth-order valence-corrected chi connectivity index (χ4v) is 22.0. The molecule has 6 heteroatoms. The molecule has 0 spiro atoms. The van der Waals surface area contributed by atoms with Crippen LogP contribution in [0.2, 0.25) is 0 Å². The van der Waals surface area contributed by atoms with Crippen molar-refractivity contribution in [3.05, 3.63) is 306 Å². The minimum absolute atomic E-state index is 0.918. The van der Waals surface area contributed by atoms with Crippen LogP contribution in [-0.4, -0.2) is 4.57 Å². The summed E-state index contributed by atoms with van der Waals surface area (Å²) in [5.74, 6) is 28.1. The molecule has 0 atom stereocenters. The molecule has 135 heavy (non-hydrogen) atoms. The van der Waals surface area contributed by atoms with Crippen LogP contribution in [0, 0.1) is 61.2 Å². The molecule has 0 aliphatic heterocycles. The van der Waals surface area contributed by atoms with Crippen LogP contribution in [0.4, 0.5) is 0 Å². The van der Waals surface area contributed by atoms with Gasteiger partial charge in [0.2, 0.25) is 0 Å². The fourth-order valence-electron chi connectivity index (χ4n) is 19.3. The number of benzene rings is 10. The van der Waals surface area contributed by atoms with E-state index in [1.807, 2.05) is 22.7 Å². The molecule has 0 unspecified atom stereocenters. The van der Waals surface area contributed by atoms with Crippen molar-refractivity contribution < 1.29 is 13.3 Å². The van der Waals surface area contributed by atoms with Gasteiger partial charge in [-0.3, -0.25) is 0 Å². The van der Waals surface area contributed by atoms with E-state index in [1.165, 1.54) is 285 Å². The van der Waals surface area contributed by atoms with Crippen LogP contribution < -0.4 is 0 Å². The zero-order chi connectivity index (χ0) is 93.4. The normalized spacial score (nSPS) is 12.2. The summed E-state index contributed by atoms with van der Waals surface area (Å²) in [7, 11) is 2.11. The van der Waals surface area contributed by atoms with Gasteiger partial charge in [0.15, 0.2) is 5.58 Å². The summed E-state index contributed by atoms with van der Waals surface area (Å²) in [5, 5.41) is 7.70. The Labute approximate surface area is 813 Å². The van der Waals surface area contributed by atoms with E-state index in [1.54, 1.807) is 0 Å². The summed E-state index contributed by atoms with van der Waals surface area (Å²) < 4.78 is 23.7. The lowest BCUT2D eigenvalue weighted by Crippen LogP contribution is -1.87. The Morgan fingerprint density at radius 3 is 1.16 bits per heavy atom. The van der Waals surface area contributed by atoms with E-state index in [0.29, 0.717) is 0 Å². The molecule has 0 fully saturated rings. The zero-order valence-electron chi connectivity index (χ0n) is 82.1. The van der Waals surface area contributed by atoms with Gasteiger partial charge in [0.25, 0.3) is 0 Å². The molecule has 0 radical (unpaired) electrons. The molecule has 16 aromatic rings. The van der Waals surface area contributed by atoms with Crippen molar-refractivity contribution in [2.45, 2.75) is 275 Å². The maximum Gasteiger partial charge on any atom is 0.161 e. The Balaban J connectivity index is 0.000000124. The van der Waals surface area contributed by atoms with E-state index in [9.17, 15) is 0 Å². The highest BCUT2D eigenvalue weighted by molar-refractivity contribution is 7.23. The molecular weight excluding hydrogens is 1680 g/mol. The van der Waals surface area contributed by atoms with Crippen molar-refractivity contribution >= 4 is 122 Å². The molecule has 10 aromatic carbocycles. The number of furan rings is 3. The van der Waals surface area contributed by atoms with E-state index in [-0.39, 0.29) is 0 Å². The van der Waals surface area contributed by atoms with E-state index in [0.717, 1.165) is 140 Å². The number of fused-ring (bicyclic) bond motifs is 25. The summed E-state index contributed by atoms with van der Waals surface area (Å²) >= 11 is 3.88. The summed E-state index contributed by atoms with van der Waals surface area (Å²) in [6.07, 6.45) is 56.7. The number of nitrogens with zero attached hydrogens (tertiary/aromatic N) is 1. The molecule has 0 bridgehead atoms. The van der Waals surface area contributed by atoms with Crippen molar-refractivity contribution in [3.63, 3.8) is 0 Å². The van der Waals surface area contributed by atoms with Crippen molar-refractivity contribution in [2.24, 2.45) is 7.05 Å². The van der Waals surface area contributed by atoms with Crippen molar-refractivity contribution in [1.82, 2.24) is 4.57 Å². The highest BCUT2D eigenvalue weighted by Gasteiger charge is 2.30. The number of hydrogen-bond acceptors (Lipinski definition) is 5. The van der Waals surface area contributed by atoms with Gasteiger partial charge in [0.05, 0.1) is 11.0 Å². The lowest BCUT2D eigenvalue weighted by atomic mass is 10.0. The average molecular weight is 1810 g/mol. The third kappa shape index (κ3) is 23.3. The van der Waals surface area contributed by atoms with Gasteiger partial charge < -0.3 is 17.8 Å². The molecular formula is C129H135NO3S2. The van der Waals surface area contributed by atoms with Crippen molar-refractivity contribution in [1.29, 1.82) is 0 Å². The number of aryl methyl sites for hydroxylation is 3. The molecule has 6 heterocycles. The van der Waals surface area contributed by atoms with Gasteiger partial charge in [0.1, 0.15) is 28.3 Å². The van der Waals surface area contributed by atoms with Crippen molar-refractivity contribution in [3.8, 4) is 90.9 Å². The number of thiophene rings is 2. The van der Waals surface area contributed by atoms with Crippen LogP contribution >= 0.6 is 22.7 Å². The quantitative estimate of drug-likeness (QED) is 0.0363. The Morgan fingerprint density at radius 2 is 0.659 bits per heavy atom. The third-order valence-corrected chi connectivity index (χ3v) is 29.1. The van der Waals surface area contributed by atoms with Crippen molar-refractivity contribution in [2.75, 3.05) is 0 Å². The van der Waals surface area contributed by atoms with Gasteiger partial charge in [-0.1, -0.05) is 313 Å². The lowest BCUT2D eigenvalue weighted by Gasteiger charge is -2.02. The van der Waals surface area contributed by atoms with Crippen LogP contribution in [0.25, 0.3) is 143 Å². The van der Waals surface area contributed by atoms with Gasteiger partial charge in [-0.25, -0.2) is 0 Å². The van der Waals surface area contributed by atoms with Crippen LogP contribution in [0.3, 0.4) is 0 Å². The second-order valence-corrected chi connectivity index (χ2v) is 39.5. The van der Waals surface area contributed by atoms with Crippen LogP contribution in [0.15, 0.2) is 220 Å². The maximum absolute atomic E-state index is 6.36. The first-order valence-corrected chi connectivity index (χ1v) is 52.7. The van der Waals surface area contributed by atoms with Crippen LogP contribution in [0.5, 0.6) is 0 Å². The summed E-state index contributed by atoms with van der Waals surface area (Å²) in [6, 6.07) is 66.7. The standard InChI is InChI=1S/C31H38O.C31H38S.C25H22O.C25H22S.C17H15NO/c2*1-3-5-7-9-11-13-15-24-17-19-27-26(21-24)23-29-28-20-18-25(22-30(28)32-31(27)29)16-14-12-10-8-6-4-2;2*1-3-5-7-9-18-11-13-21-20(15-18)17-23-22-14-12-19(10-8-6-4-2)16-24(22)26-25(21)23;1-10-4-6-12-14(8-10)18(3)16-13-7-5-11(2)9-15(13)19-17(12)16/h2*13-22H,3-12,23H2,1-2H3;2*11-16H,3-6,17H2,1-2H3;4-9H,1-3H3/b2*15-13+,16-14+;;;. The predicted molar refractivity (Wildman–Crippen MR) is 587 cm³/mol. The predicted octanol–water partition coefficient (Wildman–Crippen LogP) is 38.2. The highest BCUT2D eigenvalue weighted by atomic mass is 32.1. The molecule has 0 saturated carbocycles. The Kier molecular flexibility index (Phi) is 33.6.